The van der Waals surface area contributed by atoms with Crippen LogP contribution < -0.4 is 15.2 Å². The van der Waals surface area contributed by atoms with Crippen LogP contribution in [0.3, 0.4) is 0 Å². The fourth-order valence-corrected chi connectivity index (χ4v) is 2.01. The van der Waals surface area contributed by atoms with E-state index in [1.54, 1.807) is 19.2 Å². The molecule has 0 aliphatic heterocycles. The van der Waals surface area contributed by atoms with Gasteiger partial charge in [-0.25, -0.2) is 0 Å². The molecule has 0 saturated carbocycles. The second-order valence-electron chi connectivity index (χ2n) is 4.61. The van der Waals surface area contributed by atoms with Crippen molar-refractivity contribution in [3.63, 3.8) is 0 Å². The standard InChI is InChI=1S/C17H18N2O2/c1-20-16-6-7-17(15(10-16)8-9-18)21-12-14-4-2-13(11-19)3-5-14/h2-7,10H,8-9,12,18H2,1H3. The first-order valence-corrected chi connectivity index (χ1v) is 6.75. The van der Waals surface area contributed by atoms with Gasteiger partial charge in [0.2, 0.25) is 0 Å². The van der Waals surface area contributed by atoms with Gasteiger partial charge in [0.25, 0.3) is 0 Å². The zero-order valence-corrected chi connectivity index (χ0v) is 12.0. The van der Waals surface area contributed by atoms with E-state index in [4.69, 9.17) is 20.5 Å². The van der Waals surface area contributed by atoms with E-state index in [1.807, 2.05) is 30.3 Å². The predicted molar refractivity (Wildman–Crippen MR) is 81.2 cm³/mol. The molecule has 0 aliphatic carbocycles. The SMILES string of the molecule is COc1ccc(OCc2ccc(C#N)cc2)c(CCN)c1. The zero-order valence-electron chi connectivity index (χ0n) is 12.0. The van der Waals surface area contributed by atoms with Crippen molar-refractivity contribution in [2.75, 3.05) is 13.7 Å². The molecule has 0 aromatic heterocycles. The molecule has 0 spiro atoms. The van der Waals surface area contributed by atoms with Crippen LogP contribution in [0, 0.1) is 11.3 Å². The molecule has 0 bridgehead atoms. The summed E-state index contributed by atoms with van der Waals surface area (Å²) in [6.07, 6.45) is 0.736. The zero-order chi connectivity index (χ0) is 15.1. The number of ether oxygens (including phenoxy) is 2. The highest BCUT2D eigenvalue weighted by Gasteiger charge is 2.06. The predicted octanol–water partition coefficient (Wildman–Crippen LogP) is 2.65. The number of benzene rings is 2. The van der Waals surface area contributed by atoms with E-state index < -0.39 is 0 Å². The Morgan fingerprint density at radius 2 is 1.90 bits per heavy atom. The fourth-order valence-electron chi connectivity index (χ4n) is 2.01. The molecule has 0 fully saturated rings. The van der Waals surface area contributed by atoms with Crippen LogP contribution in [0.1, 0.15) is 16.7 Å². The third kappa shape index (κ3) is 3.98. The molecule has 0 atom stereocenters. The second kappa shape index (κ2) is 7.32. The van der Waals surface area contributed by atoms with Crippen molar-refractivity contribution in [2.24, 2.45) is 5.73 Å². The summed E-state index contributed by atoms with van der Waals surface area (Å²) < 4.78 is 11.1. The highest BCUT2D eigenvalue weighted by Crippen LogP contribution is 2.25. The van der Waals surface area contributed by atoms with Gasteiger partial charge in [-0.15, -0.1) is 0 Å². The van der Waals surface area contributed by atoms with Gasteiger partial charge in [0.05, 0.1) is 18.7 Å². The number of methoxy groups -OCH3 is 1. The lowest BCUT2D eigenvalue weighted by molar-refractivity contribution is 0.302. The normalized spacial score (nSPS) is 9.95. The average Bonchev–Trinajstić information content (AvgIpc) is 2.54. The second-order valence-corrected chi connectivity index (χ2v) is 4.61. The molecule has 4 heteroatoms. The number of nitrogens with two attached hydrogens (primary N) is 1. The Labute approximate surface area is 124 Å². The van der Waals surface area contributed by atoms with Gasteiger partial charge in [-0.1, -0.05) is 12.1 Å². The van der Waals surface area contributed by atoms with Crippen molar-refractivity contribution in [1.29, 1.82) is 5.26 Å². The third-order valence-electron chi connectivity index (χ3n) is 3.16. The molecular formula is C17H18N2O2. The summed E-state index contributed by atoms with van der Waals surface area (Å²) in [6, 6.07) is 15.2. The van der Waals surface area contributed by atoms with Gasteiger partial charge in [0.1, 0.15) is 18.1 Å². The quantitative estimate of drug-likeness (QED) is 0.884. The van der Waals surface area contributed by atoms with Crippen LogP contribution in [0.4, 0.5) is 0 Å². The molecule has 2 aromatic carbocycles. The van der Waals surface area contributed by atoms with Crippen LogP contribution in [-0.2, 0) is 13.0 Å². The van der Waals surface area contributed by atoms with Gasteiger partial charge in [-0.3, -0.25) is 0 Å². The number of nitriles is 1. The largest absolute Gasteiger partial charge is 0.497 e. The summed E-state index contributed by atoms with van der Waals surface area (Å²) in [5, 5.41) is 8.78. The molecule has 4 nitrogen and oxygen atoms in total. The van der Waals surface area contributed by atoms with Gasteiger partial charge in [0.15, 0.2) is 0 Å². The monoisotopic (exact) mass is 282 g/mol. The molecule has 2 aromatic rings. The van der Waals surface area contributed by atoms with E-state index in [0.717, 1.165) is 29.0 Å². The Kier molecular flexibility index (Phi) is 5.19. The van der Waals surface area contributed by atoms with E-state index in [0.29, 0.717) is 18.7 Å². The molecule has 0 unspecified atom stereocenters. The molecule has 2 rings (SSSR count). The molecule has 21 heavy (non-hydrogen) atoms. The Morgan fingerprint density at radius 3 is 2.52 bits per heavy atom. The lowest BCUT2D eigenvalue weighted by atomic mass is 10.1. The molecule has 0 amide bonds. The molecule has 0 radical (unpaired) electrons. The van der Waals surface area contributed by atoms with Gasteiger partial charge < -0.3 is 15.2 Å². The molecule has 108 valence electrons. The van der Waals surface area contributed by atoms with E-state index in [1.165, 1.54) is 0 Å². The van der Waals surface area contributed by atoms with Crippen LogP contribution in [0.5, 0.6) is 11.5 Å². The topological polar surface area (TPSA) is 68.3 Å². The number of hydrogen-bond donors (Lipinski definition) is 1. The molecule has 0 saturated heterocycles. The van der Waals surface area contributed by atoms with Gasteiger partial charge in [-0.2, -0.15) is 5.26 Å². The van der Waals surface area contributed by atoms with Crippen LogP contribution in [-0.4, -0.2) is 13.7 Å². The lowest BCUT2D eigenvalue weighted by Crippen LogP contribution is -2.06. The first kappa shape index (κ1) is 14.9. The maximum atomic E-state index is 8.78. The highest BCUT2D eigenvalue weighted by atomic mass is 16.5. The Morgan fingerprint density at radius 1 is 1.14 bits per heavy atom. The molecular weight excluding hydrogens is 264 g/mol. The lowest BCUT2D eigenvalue weighted by Gasteiger charge is -2.12. The average molecular weight is 282 g/mol. The van der Waals surface area contributed by atoms with E-state index in [2.05, 4.69) is 6.07 Å². The molecule has 0 aliphatic rings. The molecule has 0 heterocycles. The maximum absolute atomic E-state index is 8.78. The minimum atomic E-state index is 0.454. The van der Waals surface area contributed by atoms with Crippen LogP contribution >= 0.6 is 0 Å². The van der Waals surface area contributed by atoms with Crippen molar-refractivity contribution in [2.45, 2.75) is 13.0 Å². The van der Waals surface area contributed by atoms with Gasteiger partial charge in [0, 0.05) is 0 Å². The first-order chi connectivity index (χ1) is 10.3. The minimum Gasteiger partial charge on any atom is -0.497 e. The summed E-state index contributed by atoms with van der Waals surface area (Å²) >= 11 is 0. The van der Waals surface area contributed by atoms with Crippen LogP contribution in [0.2, 0.25) is 0 Å². The summed E-state index contributed by atoms with van der Waals surface area (Å²) in [7, 11) is 1.64. The smallest absolute Gasteiger partial charge is 0.123 e. The minimum absolute atomic E-state index is 0.454. The highest BCUT2D eigenvalue weighted by molar-refractivity contribution is 5.41. The van der Waals surface area contributed by atoms with Crippen molar-refractivity contribution in [1.82, 2.24) is 0 Å². The van der Waals surface area contributed by atoms with Crippen molar-refractivity contribution >= 4 is 0 Å². The maximum Gasteiger partial charge on any atom is 0.123 e. The molecule has 2 N–H and O–H groups in total. The van der Waals surface area contributed by atoms with E-state index >= 15 is 0 Å². The van der Waals surface area contributed by atoms with Crippen LogP contribution in [0.15, 0.2) is 42.5 Å². The Balaban J connectivity index is 2.09. The Bertz CT molecular complexity index is 630. The first-order valence-electron chi connectivity index (χ1n) is 6.75. The third-order valence-corrected chi connectivity index (χ3v) is 3.16. The summed E-state index contributed by atoms with van der Waals surface area (Å²) in [5.74, 6) is 1.61. The van der Waals surface area contributed by atoms with E-state index in [9.17, 15) is 0 Å². The number of rotatable bonds is 6. The van der Waals surface area contributed by atoms with Crippen molar-refractivity contribution in [3.8, 4) is 17.6 Å². The van der Waals surface area contributed by atoms with Gasteiger partial charge in [-0.05, 0) is 54.4 Å². The summed E-state index contributed by atoms with van der Waals surface area (Å²) in [4.78, 5) is 0. The van der Waals surface area contributed by atoms with Gasteiger partial charge >= 0.3 is 0 Å². The summed E-state index contributed by atoms with van der Waals surface area (Å²) in [5.41, 5.74) is 8.33. The van der Waals surface area contributed by atoms with E-state index in [-0.39, 0.29) is 0 Å². The Hall–Kier alpha value is -2.51. The number of nitrogens with zero attached hydrogens (tertiary/aromatic N) is 1. The number of hydrogen-bond acceptors (Lipinski definition) is 4. The van der Waals surface area contributed by atoms with Crippen LogP contribution in [0.25, 0.3) is 0 Å². The fraction of sp³-hybridized carbons (Fsp3) is 0.235. The van der Waals surface area contributed by atoms with Crippen molar-refractivity contribution < 1.29 is 9.47 Å². The van der Waals surface area contributed by atoms with Crippen molar-refractivity contribution in [3.05, 3.63) is 59.2 Å². The summed E-state index contributed by atoms with van der Waals surface area (Å²) in [6.45, 7) is 1.01.